The Morgan fingerprint density at radius 1 is 0.852 bits per heavy atom. The Kier molecular flexibility index (Phi) is 10.6. The Morgan fingerprint density at radius 3 is 2.38 bits per heavy atom. The lowest BCUT2D eigenvalue weighted by molar-refractivity contribution is -0.120. The van der Waals surface area contributed by atoms with Crippen LogP contribution in [0.25, 0.3) is 11.3 Å². The van der Waals surface area contributed by atoms with Crippen molar-refractivity contribution in [1.82, 2.24) is 25.0 Å². The second-order valence-electron chi connectivity index (χ2n) is 16.3. The third-order valence-electron chi connectivity index (χ3n) is 12.3. The Labute approximate surface area is 352 Å². The molecular formula is C45H48FN11O4. The Morgan fingerprint density at radius 2 is 1.62 bits per heavy atom. The number of imide groups is 1. The number of pyridine rings is 1. The van der Waals surface area contributed by atoms with Crippen LogP contribution < -0.4 is 36.4 Å². The third-order valence-corrected chi connectivity index (χ3v) is 12.3. The average Bonchev–Trinajstić information content (AvgIpc) is 3.81. The van der Waals surface area contributed by atoms with Gasteiger partial charge in [-0.25, -0.2) is 18.9 Å². The first-order chi connectivity index (χ1) is 29.5. The molecule has 5 N–H and O–H groups in total. The molecule has 15 nitrogen and oxygen atoms in total. The fraction of sp³-hybridized carbons (Fsp3) is 0.333. The fourth-order valence-electron chi connectivity index (χ4n) is 8.97. The summed E-state index contributed by atoms with van der Waals surface area (Å²) in [6.07, 6.45) is 2.06. The molecule has 0 bridgehead atoms. The predicted molar refractivity (Wildman–Crippen MR) is 232 cm³/mol. The maximum absolute atomic E-state index is 16.1. The number of urea groups is 1. The molecule has 3 saturated heterocycles. The summed E-state index contributed by atoms with van der Waals surface area (Å²) in [6.45, 7) is 10.9. The van der Waals surface area contributed by atoms with Gasteiger partial charge in [-0.3, -0.25) is 29.5 Å². The molecule has 61 heavy (non-hydrogen) atoms. The molecule has 3 aromatic carbocycles. The Hall–Kier alpha value is -6.81. The van der Waals surface area contributed by atoms with Crippen molar-refractivity contribution in [2.45, 2.75) is 39.7 Å². The molecule has 0 saturated carbocycles. The van der Waals surface area contributed by atoms with Crippen LogP contribution >= 0.6 is 0 Å². The molecule has 0 radical (unpaired) electrons. The van der Waals surface area contributed by atoms with E-state index in [4.69, 9.17) is 10.8 Å². The molecular weight excluding hydrogens is 778 g/mol. The SMILES string of the molecule is Cc1cccc(NC(=O)c2ccc(-c3nn4c(c3C(N)=O)Nc3ccc(N5CCN(C[C@H]6CCN(c7ccc(N8CCC(=O)NC8=O)cc7)C6)CC5)cc3CC4)c(F)c2C)n1. The number of halogens is 1. The summed E-state index contributed by atoms with van der Waals surface area (Å²) in [5, 5.41) is 13.2. The number of aromatic nitrogens is 3. The van der Waals surface area contributed by atoms with Crippen molar-refractivity contribution in [3.63, 3.8) is 0 Å². The topological polar surface area (TPSA) is 174 Å². The number of hydrogen-bond donors (Lipinski definition) is 4. The van der Waals surface area contributed by atoms with Gasteiger partial charge in [0.2, 0.25) is 5.91 Å². The van der Waals surface area contributed by atoms with E-state index in [1.54, 1.807) is 21.7 Å². The number of rotatable bonds is 9. The van der Waals surface area contributed by atoms with Gasteiger partial charge in [-0.15, -0.1) is 0 Å². The fourth-order valence-corrected chi connectivity index (χ4v) is 8.97. The molecule has 0 unspecified atom stereocenters. The minimum Gasteiger partial charge on any atom is -0.371 e. The molecule has 5 aromatic rings. The quantitative estimate of drug-likeness (QED) is 0.150. The summed E-state index contributed by atoms with van der Waals surface area (Å²) in [7, 11) is 0. The van der Waals surface area contributed by atoms with Crippen LogP contribution in [0.4, 0.5) is 43.6 Å². The zero-order chi connectivity index (χ0) is 42.4. The highest BCUT2D eigenvalue weighted by atomic mass is 19.1. The van der Waals surface area contributed by atoms with Crippen LogP contribution in [-0.4, -0.2) is 95.8 Å². The van der Waals surface area contributed by atoms with Gasteiger partial charge in [0.1, 0.15) is 28.7 Å². The first-order valence-corrected chi connectivity index (χ1v) is 20.8. The monoisotopic (exact) mass is 825 g/mol. The van der Waals surface area contributed by atoms with E-state index in [-0.39, 0.29) is 39.9 Å². The highest BCUT2D eigenvalue weighted by molar-refractivity contribution is 6.07. The lowest BCUT2D eigenvalue weighted by Crippen LogP contribution is -2.49. The van der Waals surface area contributed by atoms with E-state index in [9.17, 15) is 19.2 Å². The number of nitrogens with two attached hydrogens (primary N) is 1. The predicted octanol–water partition coefficient (Wildman–Crippen LogP) is 5.45. The van der Waals surface area contributed by atoms with Crippen LogP contribution in [0.3, 0.4) is 0 Å². The molecule has 9 rings (SSSR count). The second kappa shape index (κ2) is 16.3. The number of anilines is 6. The van der Waals surface area contributed by atoms with E-state index in [1.807, 2.05) is 31.2 Å². The van der Waals surface area contributed by atoms with Crippen LogP contribution in [0.15, 0.2) is 72.8 Å². The molecule has 6 heterocycles. The van der Waals surface area contributed by atoms with E-state index in [1.165, 1.54) is 19.1 Å². The van der Waals surface area contributed by atoms with Crippen LogP contribution in [0.2, 0.25) is 0 Å². The number of piperazine rings is 1. The minimum atomic E-state index is -0.740. The first kappa shape index (κ1) is 39.6. The summed E-state index contributed by atoms with van der Waals surface area (Å²) in [5.74, 6) is -0.807. The molecule has 1 atom stereocenters. The van der Waals surface area contributed by atoms with Crippen LogP contribution in [0, 0.1) is 25.6 Å². The number of nitrogens with zero attached hydrogens (tertiary/aromatic N) is 7. The summed E-state index contributed by atoms with van der Waals surface area (Å²) >= 11 is 0. The largest absolute Gasteiger partial charge is 0.371 e. The highest BCUT2D eigenvalue weighted by Crippen LogP contribution is 2.38. The van der Waals surface area contributed by atoms with Crippen LogP contribution in [0.1, 0.15) is 50.4 Å². The van der Waals surface area contributed by atoms with Crippen molar-refractivity contribution in [3.8, 4) is 11.3 Å². The number of nitrogens with one attached hydrogen (secondary N) is 3. The lowest BCUT2D eigenvalue weighted by Gasteiger charge is -2.37. The smallest absolute Gasteiger partial charge is 0.328 e. The molecule has 2 aromatic heterocycles. The van der Waals surface area contributed by atoms with Crippen molar-refractivity contribution in [2.75, 3.05) is 77.7 Å². The summed E-state index contributed by atoms with van der Waals surface area (Å²) in [4.78, 5) is 63.2. The first-order valence-electron chi connectivity index (χ1n) is 20.8. The normalized spacial score (nSPS) is 18.0. The van der Waals surface area contributed by atoms with E-state index in [2.05, 4.69) is 59.9 Å². The molecule has 5 amide bonds. The number of hydrogen-bond acceptors (Lipinski definition) is 10. The highest BCUT2D eigenvalue weighted by Gasteiger charge is 2.31. The zero-order valence-electron chi connectivity index (χ0n) is 34.2. The van der Waals surface area contributed by atoms with Crippen molar-refractivity contribution in [3.05, 3.63) is 107 Å². The summed E-state index contributed by atoms with van der Waals surface area (Å²) in [5.41, 5.74) is 12.2. The van der Waals surface area contributed by atoms with Crippen LogP contribution in [-0.2, 0) is 17.8 Å². The van der Waals surface area contributed by atoms with E-state index in [0.717, 1.165) is 86.2 Å². The van der Waals surface area contributed by atoms with E-state index < -0.39 is 17.6 Å². The molecule has 0 aliphatic carbocycles. The number of carbonyl (C=O) groups is 4. The van der Waals surface area contributed by atoms with Crippen molar-refractivity contribution in [2.24, 2.45) is 11.7 Å². The average molecular weight is 826 g/mol. The van der Waals surface area contributed by atoms with Crippen LogP contribution in [0.5, 0.6) is 0 Å². The molecule has 16 heteroatoms. The number of aryl methyl sites for hydroxylation is 3. The zero-order valence-corrected chi connectivity index (χ0v) is 34.2. The van der Waals surface area contributed by atoms with Gasteiger partial charge in [0.05, 0.1) is 0 Å². The third kappa shape index (κ3) is 7.98. The maximum Gasteiger partial charge on any atom is 0.328 e. The lowest BCUT2D eigenvalue weighted by atomic mass is 9.99. The molecule has 4 aliphatic heterocycles. The van der Waals surface area contributed by atoms with Gasteiger partial charge in [-0.2, -0.15) is 5.10 Å². The molecule has 4 aliphatic rings. The summed E-state index contributed by atoms with van der Waals surface area (Å²) in [6, 6.07) is 22.2. The van der Waals surface area contributed by atoms with Gasteiger partial charge in [0.15, 0.2) is 0 Å². The number of amides is 5. The molecule has 0 spiro atoms. The Balaban J connectivity index is 0.820. The van der Waals surface area contributed by atoms with Gasteiger partial charge >= 0.3 is 6.03 Å². The van der Waals surface area contributed by atoms with Gasteiger partial charge in [0, 0.05) is 105 Å². The maximum atomic E-state index is 16.1. The van der Waals surface area contributed by atoms with E-state index in [0.29, 0.717) is 43.5 Å². The number of carbonyl (C=O) groups excluding carboxylic acids is 4. The van der Waals surface area contributed by atoms with Crippen molar-refractivity contribution >= 4 is 58.1 Å². The van der Waals surface area contributed by atoms with Gasteiger partial charge < -0.3 is 26.2 Å². The van der Waals surface area contributed by atoms with Crippen molar-refractivity contribution in [1.29, 1.82) is 0 Å². The number of primary amides is 1. The Bertz CT molecular complexity index is 2550. The molecule has 3 fully saturated rings. The standard InChI is InChI=1S/C45H48FN11O4/c1-27-4-3-5-37(48-27)50-44(60)34-11-12-35(40(46)28(34)2)41-39(42(47)59)43-49-36-13-10-33(24-30(36)15-19-57(43)52-41)54-22-20-53(21-23-54)25-29-14-17-55(26-29)31-6-8-32(9-7-31)56-18-16-38(58)51-45(56)61/h3-13,24,29,49H,14-23,25-26H2,1-2H3,(H2,47,59)(H,48,50,60)(H,51,58,61)/t29-/m1/s1. The van der Waals surface area contributed by atoms with Crippen molar-refractivity contribution < 1.29 is 23.6 Å². The number of benzene rings is 3. The van der Waals surface area contributed by atoms with Gasteiger partial charge in [0.25, 0.3) is 11.8 Å². The number of fused-ring (bicyclic) bond motifs is 2. The van der Waals surface area contributed by atoms with Gasteiger partial charge in [-0.05, 0) is 110 Å². The summed E-state index contributed by atoms with van der Waals surface area (Å²) < 4.78 is 17.8. The molecule has 314 valence electrons. The second-order valence-corrected chi connectivity index (χ2v) is 16.3. The van der Waals surface area contributed by atoms with Gasteiger partial charge in [-0.1, -0.05) is 6.07 Å². The van der Waals surface area contributed by atoms with E-state index >= 15 is 4.39 Å². The minimum absolute atomic E-state index is 0.0794.